The Morgan fingerprint density at radius 1 is 0.727 bits per heavy atom. The molecular weight excluding hydrogens is 475 g/mol. The number of halogens is 9. The standard InChI is InChI=1S/C13H10Cl9/c1-7(2)8-5-3-4-6-9(8)10(14,15)11(16,17)12(18,19)13(20,21)22/h3-6H,1-2H3. The average Bonchev–Trinajstić information content (AvgIpc) is 2.36. The highest BCUT2D eigenvalue weighted by Crippen LogP contribution is 2.65. The van der Waals surface area contributed by atoms with Crippen LogP contribution in [0.15, 0.2) is 24.3 Å². The summed E-state index contributed by atoms with van der Waals surface area (Å²) in [6.07, 6.45) is 0. The minimum atomic E-state index is -2.30. The number of hydrogen-bond acceptors (Lipinski definition) is 0. The van der Waals surface area contributed by atoms with Crippen LogP contribution in [0.4, 0.5) is 0 Å². The number of rotatable bonds is 4. The lowest BCUT2D eigenvalue weighted by atomic mass is 9.93. The van der Waals surface area contributed by atoms with Gasteiger partial charge in [-0.05, 0) is 17.0 Å². The molecule has 1 aromatic carbocycles. The smallest absolute Gasteiger partial charge is 0.0943 e. The molecule has 0 aliphatic rings. The van der Waals surface area contributed by atoms with Gasteiger partial charge in [-0.25, -0.2) is 0 Å². The summed E-state index contributed by atoms with van der Waals surface area (Å²) in [4.78, 5) is 0. The third-order valence-corrected chi connectivity index (χ3v) is 8.40. The quantitative estimate of drug-likeness (QED) is 0.379. The van der Waals surface area contributed by atoms with E-state index in [2.05, 4.69) is 0 Å². The van der Waals surface area contributed by atoms with Gasteiger partial charge >= 0.3 is 0 Å². The Kier molecular flexibility index (Phi) is 7.17. The van der Waals surface area contributed by atoms with Crippen molar-refractivity contribution >= 4 is 104 Å². The molecule has 0 N–H and O–H groups in total. The maximum Gasteiger partial charge on any atom is 0.226 e. The molecule has 1 rings (SSSR count). The average molecular weight is 485 g/mol. The van der Waals surface area contributed by atoms with Crippen molar-refractivity contribution in [3.05, 3.63) is 41.3 Å². The summed E-state index contributed by atoms with van der Waals surface area (Å²) in [6.45, 7) is 3.74. The van der Waals surface area contributed by atoms with E-state index < -0.39 is 16.8 Å². The number of alkyl halides is 9. The van der Waals surface area contributed by atoms with Crippen LogP contribution in [0.1, 0.15) is 25.0 Å². The van der Waals surface area contributed by atoms with Crippen molar-refractivity contribution in [1.82, 2.24) is 0 Å². The third-order valence-electron chi connectivity index (χ3n) is 2.95. The molecule has 0 heterocycles. The molecule has 125 valence electrons. The van der Waals surface area contributed by atoms with E-state index >= 15 is 0 Å². The fraction of sp³-hybridized carbons (Fsp3) is 0.462. The summed E-state index contributed by atoms with van der Waals surface area (Å²) in [7, 11) is 0. The molecule has 9 heteroatoms. The van der Waals surface area contributed by atoms with Crippen LogP contribution in [0.5, 0.6) is 0 Å². The van der Waals surface area contributed by atoms with Gasteiger partial charge in [-0.2, -0.15) is 0 Å². The zero-order valence-electron chi connectivity index (χ0n) is 11.2. The first kappa shape index (κ1) is 21.9. The van der Waals surface area contributed by atoms with Gasteiger partial charge in [0.25, 0.3) is 0 Å². The van der Waals surface area contributed by atoms with Gasteiger partial charge < -0.3 is 0 Å². The second-order valence-corrected chi connectivity index (χ2v) is 11.0. The summed E-state index contributed by atoms with van der Waals surface area (Å²) < 4.78 is -8.75. The van der Waals surface area contributed by atoms with Crippen molar-refractivity contribution in [2.75, 3.05) is 0 Å². The van der Waals surface area contributed by atoms with Crippen LogP contribution in [-0.2, 0) is 4.33 Å². The van der Waals surface area contributed by atoms with E-state index in [0.29, 0.717) is 5.56 Å². The molecule has 0 spiro atoms. The zero-order valence-corrected chi connectivity index (χ0v) is 18.0. The SMILES string of the molecule is C[C](C)c1ccccc1C(Cl)(Cl)C(Cl)(Cl)C(Cl)(Cl)C(Cl)(Cl)Cl. The predicted molar refractivity (Wildman–Crippen MR) is 103 cm³/mol. The van der Waals surface area contributed by atoms with Crippen molar-refractivity contribution in [1.29, 1.82) is 0 Å². The van der Waals surface area contributed by atoms with E-state index in [-0.39, 0.29) is 0 Å². The van der Waals surface area contributed by atoms with Crippen LogP contribution in [0.3, 0.4) is 0 Å². The second-order valence-electron chi connectivity index (χ2n) is 4.77. The maximum absolute atomic E-state index is 6.44. The summed E-state index contributed by atoms with van der Waals surface area (Å²) >= 11 is 55.0. The topological polar surface area (TPSA) is 0 Å². The fourth-order valence-corrected chi connectivity index (χ4v) is 4.03. The fourth-order valence-electron chi connectivity index (χ4n) is 1.74. The molecule has 1 radical (unpaired) electrons. The first-order valence-electron chi connectivity index (χ1n) is 5.78. The largest absolute Gasteiger partial charge is 0.226 e. The summed E-state index contributed by atoms with van der Waals surface area (Å²) in [5.74, 6) is 0.925. The van der Waals surface area contributed by atoms with Crippen LogP contribution in [0.2, 0.25) is 0 Å². The van der Waals surface area contributed by atoms with Crippen LogP contribution >= 0.6 is 104 Å². The maximum atomic E-state index is 6.44. The van der Waals surface area contributed by atoms with Gasteiger partial charge in [0.05, 0.1) is 0 Å². The van der Waals surface area contributed by atoms with Gasteiger partial charge in [0, 0.05) is 0 Å². The molecule has 0 aliphatic heterocycles. The summed E-state index contributed by atoms with van der Waals surface area (Å²) in [5, 5.41) is 0. The van der Waals surface area contributed by atoms with Crippen molar-refractivity contribution in [2.24, 2.45) is 0 Å². The van der Waals surface area contributed by atoms with Gasteiger partial charge in [-0.15, -0.1) is 0 Å². The molecule has 0 nitrogen and oxygen atoms in total. The van der Waals surface area contributed by atoms with Gasteiger partial charge in [0.15, 0.2) is 8.67 Å². The van der Waals surface area contributed by atoms with E-state index in [1.807, 2.05) is 19.9 Å². The van der Waals surface area contributed by atoms with E-state index in [1.54, 1.807) is 18.2 Å². The number of benzene rings is 1. The Bertz CT molecular complexity index is 529. The first-order valence-corrected chi connectivity index (χ1v) is 9.18. The monoisotopic (exact) mass is 481 g/mol. The van der Waals surface area contributed by atoms with Crippen LogP contribution < -0.4 is 0 Å². The Balaban J connectivity index is 3.53. The van der Waals surface area contributed by atoms with E-state index in [4.69, 9.17) is 104 Å². The van der Waals surface area contributed by atoms with Gasteiger partial charge in [0.1, 0.15) is 0 Å². The van der Waals surface area contributed by atoms with Gasteiger partial charge in [0.2, 0.25) is 8.13 Å². The molecule has 0 saturated heterocycles. The molecule has 0 unspecified atom stereocenters. The van der Waals surface area contributed by atoms with Crippen molar-refractivity contribution in [2.45, 2.75) is 30.6 Å². The molecule has 22 heavy (non-hydrogen) atoms. The van der Waals surface area contributed by atoms with Crippen LogP contribution in [0.25, 0.3) is 0 Å². The normalized spacial score (nSPS) is 14.5. The minimum Gasteiger partial charge on any atom is -0.0943 e. The minimum absolute atomic E-state index is 0.392. The Labute approximate surface area is 175 Å². The Morgan fingerprint density at radius 3 is 1.59 bits per heavy atom. The Morgan fingerprint density at radius 2 is 1.18 bits per heavy atom. The highest BCUT2D eigenvalue weighted by atomic mass is 35.6. The molecule has 0 fully saturated rings. The van der Waals surface area contributed by atoms with Gasteiger partial charge in [-0.3, -0.25) is 0 Å². The van der Waals surface area contributed by atoms with Crippen LogP contribution in [0, 0.1) is 5.92 Å². The lowest BCUT2D eigenvalue weighted by molar-refractivity contribution is 0.598. The lowest BCUT2D eigenvalue weighted by Crippen LogP contribution is -2.55. The summed E-state index contributed by atoms with van der Waals surface area (Å²) in [6, 6.07) is 6.96. The summed E-state index contributed by atoms with van der Waals surface area (Å²) in [5.41, 5.74) is 1.12. The zero-order chi connectivity index (χ0) is 17.6. The molecule has 0 saturated carbocycles. The highest BCUT2D eigenvalue weighted by Gasteiger charge is 2.68. The molecule has 0 amide bonds. The third kappa shape index (κ3) is 3.81. The molecule has 0 bridgehead atoms. The van der Waals surface area contributed by atoms with Crippen molar-refractivity contribution in [3.8, 4) is 0 Å². The van der Waals surface area contributed by atoms with E-state index in [0.717, 1.165) is 11.5 Å². The number of hydrogen-bond donors (Lipinski definition) is 0. The van der Waals surface area contributed by atoms with Crippen molar-refractivity contribution in [3.63, 3.8) is 0 Å². The molecule has 0 atom stereocenters. The first-order chi connectivity index (χ1) is 9.68. The molecular formula is C13H10Cl9. The molecule has 0 aromatic heterocycles. The van der Waals surface area contributed by atoms with Gasteiger partial charge in [-0.1, -0.05) is 143 Å². The molecule has 0 aliphatic carbocycles. The Hall–Kier alpha value is 1.83. The molecule has 1 aromatic rings. The highest BCUT2D eigenvalue weighted by molar-refractivity contribution is 6.80. The van der Waals surface area contributed by atoms with Crippen molar-refractivity contribution < 1.29 is 0 Å². The lowest BCUT2D eigenvalue weighted by Gasteiger charge is -2.44. The van der Waals surface area contributed by atoms with E-state index in [9.17, 15) is 0 Å². The van der Waals surface area contributed by atoms with Crippen LogP contribution in [-0.4, -0.2) is 12.5 Å². The predicted octanol–water partition coefficient (Wildman–Crippen LogP) is 8.00. The second kappa shape index (κ2) is 7.22. The van der Waals surface area contributed by atoms with E-state index in [1.165, 1.54) is 0 Å².